The van der Waals surface area contributed by atoms with Crippen molar-refractivity contribution in [2.24, 2.45) is 11.8 Å². The number of carboxylic acids is 1. The number of carbonyl (C=O) groups excluding carboxylic acids is 1. The summed E-state index contributed by atoms with van der Waals surface area (Å²) in [6.45, 7) is 12.0. The van der Waals surface area contributed by atoms with Crippen LogP contribution in [0.5, 0.6) is 0 Å². The number of carboxylic acid groups (broad SMARTS) is 1. The van der Waals surface area contributed by atoms with Crippen molar-refractivity contribution in [1.29, 1.82) is 0 Å². The third-order valence-electron chi connectivity index (χ3n) is 6.54. The summed E-state index contributed by atoms with van der Waals surface area (Å²) in [6.07, 6.45) is 3.65. The lowest BCUT2D eigenvalue weighted by atomic mass is 9.93. The normalized spacial score (nSPS) is 14.2. The van der Waals surface area contributed by atoms with Gasteiger partial charge in [-0.15, -0.1) is 0 Å². The molecule has 1 aliphatic heterocycles. The van der Waals surface area contributed by atoms with E-state index in [1.165, 1.54) is 0 Å². The van der Waals surface area contributed by atoms with Gasteiger partial charge in [0, 0.05) is 54.3 Å². The number of rotatable bonds is 6. The largest absolute Gasteiger partial charge is 0.481 e. The van der Waals surface area contributed by atoms with Gasteiger partial charge in [-0.2, -0.15) is 0 Å². The van der Waals surface area contributed by atoms with Crippen molar-refractivity contribution in [3.63, 3.8) is 0 Å². The Balaban J connectivity index is 0.00000167. The SMILES string of the molecule is CC.Cc1ccc(-c2cn(CC(C)C)c3cc(C(=O)N4CCC(CC(=O)O)CC4)ccc23)cc1F. The molecule has 0 atom stereocenters. The maximum Gasteiger partial charge on any atom is 0.303 e. The zero-order valence-electron chi connectivity index (χ0n) is 21.5. The van der Waals surface area contributed by atoms with Gasteiger partial charge in [0.05, 0.1) is 0 Å². The zero-order chi connectivity index (χ0) is 25.7. The van der Waals surface area contributed by atoms with Crippen LogP contribution in [0, 0.1) is 24.6 Å². The number of likely N-dealkylation sites (tertiary alicyclic amines) is 1. The van der Waals surface area contributed by atoms with Crippen LogP contribution in [0.4, 0.5) is 4.39 Å². The van der Waals surface area contributed by atoms with Gasteiger partial charge < -0.3 is 14.6 Å². The summed E-state index contributed by atoms with van der Waals surface area (Å²) < 4.78 is 16.4. The highest BCUT2D eigenvalue weighted by Crippen LogP contribution is 2.33. The number of piperidine rings is 1. The molecule has 0 bridgehead atoms. The molecule has 0 spiro atoms. The first-order chi connectivity index (χ1) is 16.7. The molecule has 0 saturated carbocycles. The average molecular weight is 481 g/mol. The Morgan fingerprint density at radius 3 is 2.37 bits per heavy atom. The number of benzene rings is 2. The molecular weight excluding hydrogens is 443 g/mol. The predicted molar refractivity (Wildman–Crippen MR) is 139 cm³/mol. The van der Waals surface area contributed by atoms with Crippen molar-refractivity contribution in [2.75, 3.05) is 13.1 Å². The van der Waals surface area contributed by atoms with Crippen molar-refractivity contribution >= 4 is 22.8 Å². The van der Waals surface area contributed by atoms with Gasteiger partial charge in [-0.05, 0) is 60.9 Å². The van der Waals surface area contributed by atoms with E-state index in [4.69, 9.17) is 5.11 Å². The number of fused-ring (bicyclic) bond motifs is 1. The van der Waals surface area contributed by atoms with Crippen molar-refractivity contribution in [3.05, 3.63) is 59.5 Å². The van der Waals surface area contributed by atoms with E-state index in [-0.39, 0.29) is 24.1 Å². The van der Waals surface area contributed by atoms with Crippen molar-refractivity contribution < 1.29 is 19.1 Å². The van der Waals surface area contributed by atoms with E-state index < -0.39 is 5.97 Å². The topological polar surface area (TPSA) is 62.5 Å². The van der Waals surface area contributed by atoms with E-state index in [1.807, 2.05) is 43.0 Å². The van der Waals surface area contributed by atoms with Gasteiger partial charge >= 0.3 is 5.97 Å². The lowest BCUT2D eigenvalue weighted by Crippen LogP contribution is -2.38. The molecule has 1 saturated heterocycles. The van der Waals surface area contributed by atoms with E-state index in [0.717, 1.165) is 28.6 Å². The van der Waals surface area contributed by atoms with Crippen molar-refractivity contribution in [2.45, 2.75) is 60.4 Å². The summed E-state index contributed by atoms with van der Waals surface area (Å²) in [6, 6.07) is 11.1. The summed E-state index contributed by atoms with van der Waals surface area (Å²) in [7, 11) is 0. The number of hydrogen-bond donors (Lipinski definition) is 1. The number of hydrogen-bond acceptors (Lipinski definition) is 2. The monoisotopic (exact) mass is 480 g/mol. The third-order valence-corrected chi connectivity index (χ3v) is 6.54. The van der Waals surface area contributed by atoms with Crippen LogP contribution in [0.25, 0.3) is 22.0 Å². The summed E-state index contributed by atoms with van der Waals surface area (Å²) in [4.78, 5) is 26.0. The average Bonchev–Trinajstić information content (AvgIpc) is 3.19. The molecule has 5 nitrogen and oxygen atoms in total. The van der Waals surface area contributed by atoms with Gasteiger partial charge in [0.25, 0.3) is 5.91 Å². The first-order valence-electron chi connectivity index (χ1n) is 12.6. The molecule has 1 aromatic heterocycles. The molecule has 3 aromatic rings. The smallest absolute Gasteiger partial charge is 0.303 e. The Bertz CT molecular complexity index is 1190. The number of halogens is 1. The first-order valence-corrected chi connectivity index (χ1v) is 12.6. The number of nitrogens with zero attached hydrogens (tertiary/aromatic N) is 2. The van der Waals surface area contributed by atoms with Gasteiger partial charge in [-0.1, -0.05) is 45.9 Å². The van der Waals surface area contributed by atoms with Gasteiger partial charge in [-0.3, -0.25) is 9.59 Å². The van der Waals surface area contributed by atoms with E-state index in [1.54, 1.807) is 19.1 Å². The molecule has 1 amide bonds. The molecule has 6 heteroatoms. The van der Waals surface area contributed by atoms with Gasteiger partial charge in [0.15, 0.2) is 0 Å². The minimum atomic E-state index is -0.777. The fourth-order valence-corrected chi connectivity index (χ4v) is 4.73. The van der Waals surface area contributed by atoms with Crippen LogP contribution in [-0.2, 0) is 11.3 Å². The van der Waals surface area contributed by atoms with Crippen LogP contribution < -0.4 is 0 Å². The van der Waals surface area contributed by atoms with Crippen LogP contribution in [0.2, 0.25) is 0 Å². The van der Waals surface area contributed by atoms with Crippen LogP contribution in [-0.4, -0.2) is 39.5 Å². The Hall–Kier alpha value is -3.15. The minimum absolute atomic E-state index is 0.0223. The second-order valence-corrected chi connectivity index (χ2v) is 9.62. The summed E-state index contributed by atoms with van der Waals surface area (Å²) in [5.74, 6) is -0.479. The molecule has 4 rings (SSSR count). The lowest BCUT2D eigenvalue weighted by Gasteiger charge is -2.31. The molecule has 1 N–H and O–H groups in total. The van der Waals surface area contributed by atoms with Gasteiger partial charge in [0.2, 0.25) is 0 Å². The first kappa shape index (κ1) is 26.5. The Morgan fingerprint density at radius 2 is 1.77 bits per heavy atom. The van der Waals surface area contributed by atoms with Crippen LogP contribution in [0.1, 0.15) is 62.9 Å². The molecule has 188 valence electrons. The highest BCUT2D eigenvalue weighted by molar-refractivity contribution is 6.02. The number of aryl methyl sites for hydroxylation is 1. The maximum absolute atomic E-state index is 14.3. The molecule has 0 aliphatic carbocycles. The van der Waals surface area contributed by atoms with Crippen LogP contribution in [0.3, 0.4) is 0 Å². The number of amides is 1. The Labute approximate surface area is 207 Å². The molecule has 0 unspecified atom stereocenters. The fourth-order valence-electron chi connectivity index (χ4n) is 4.73. The zero-order valence-corrected chi connectivity index (χ0v) is 21.5. The van der Waals surface area contributed by atoms with Gasteiger partial charge in [-0.25, -0.2) is 4.39 Å². The maximum atomic E-state index is 14.3. The second kappa shape index (κ2) is 11.5. The molecule has 35 heavy (non-hydrogen) atoms. The summed E-state index contributed by atoms with van der Waals surface area (Å²) >= 11 is 0. The quantitative estimate of drug-likeness (QED) is 0.424. The van der Waals surface area contributed by atoms with E-state index in [0.29, 0.717) is 43.0 Å². The van der Waals surface area contributed by atoms with Gasteiger partial charge in [0.1, 0.15) is 5.82 Å². The van der Waals surface area contributed by atoms with Crippen LogP contribution >= 0.6 is 0 Å². The van der Waals surface area contributed by atoms with Crippen LogP contribution in [0.15, 0.2) is 42.6 Å². The van der Waals surface area contributed by atoms with E-state index >= 15 is 0 Å². The molecule has 1 fully saturated rings. The Kier molecular flexibility index (Phi) is 8.71. The van der Waals surface area contributed by atoms with Crippen molar-refractivity contribution in [1.82, 2.24) is 9.47 Å². The number of carbonyl (C=O) groups is 2. The lowest BCUT2D eigenvalue weighted by molar-refractivity contribution is -0.138. The van der Waals surface area contributed by atoms with Crippen molar-refractivity contribution in [3.8, 4) is 11.1 Å². The summed E-state index contributed by atoms with van der Waals surface area (Å²) in [5.41, 5.74) is 3.99. The molecule has 2 aromatic carbocycles. The predicted octanol–water partition coefficient (Wildman–Crippen LogP) is 6.76. The van der Waals surface area contributed by atoms with E-state index in [2.05, 4.69) is 24.6 Å². The minimum Gasteiger partial charge on any atom is -0.481 e. The number of aliphatic carboxylic acids is 1. The fraction of sp³-hybridized carbons (Fsp3) is 0.448. The summed E-state index contributed by atoms with van der Waals surface area (Å²) in [5, 5.41) is 10.0. The molecule has 1 aliphatic rings. The second-order valence-electron chi connectivity index (χ2n) is 9.62. The molecular formula is C29H37FN2O3. The third kappa shape index (κ3) is 6.11. The standard InChI is InChI=1S/C27H31FN2O3.C2H6/c1-17(2)15-30-16-23(20-5-4-18(3)24(28)13-20)22-7-6-21(14-25(22)30)27(33)29-10-8-19(9-11-29)12-26(31)32;1-2/h4-7,13-14,16-17,19H,8-12,15H2,1-3H3,(H,31,32);1-2H3. The highest BCUT2D eigenvalue weighted by Gasteiger charge is 2.25. The molecule has 2 heterocycles. The number of aromatic nitrogens is 1. The Morgan fingerprint density at radius 1 is 1.09 bits per heavy atom. The molecule has 0 radical (unpaired) electrons. The highest BCUT2D eigenvalue weighted by atomic mass is 19.1. The van der Waals surface area contributed by atoms with E-state index in [9.17, 15) is 14.0 Å².